The van der Waals surface area contributed by atoms with E-state index < -0.39 is 18.1 Å². The van der Waals surface area contributed by atoms with Gasteiger partial charge in [-0.15, -0.1) is 0 Å². The fraction of sp³-hybridized carbons (Fsp3) is 0.286. The summed E-state index contributed by atoms with van der Waals surface area (Å²) in [5.74, 6) is -0.950. The van der Waals surface area contributed by atoms with Crippen LogP contribution < -0.4 is 0 Å². The van der Waals surface area contributed by atoms with Gasteiger partial charge in [0.15, 0.2) is 0 Å². The van der Waals surface area contributed by atoms with E-state index in [1.807, 2.05) is 0 Å². The molecule has 0 N–H and O–H groups in total. The van der Waals surface area contributed by atoms with Gasteiger partial charge in [0.1, 0.15) is 5.69 Å². The van der Waals surface area contributed by atoms with Crippen LogP contribution in [0.2, 0.25) is 5.02 Å². The summed E-state index contributed by atoms with van der Waals surface area (Å²) < 4.78 is 37.0. The molecule has 0 radical (unpaired) electrons. The van der Waals surface area contributed by atoms with Crippen molar-refractivity contribution < 1.29 is 13.2 Å². The monoisotopic (exact) mass is 273 g/mol. The molecule has 0 spiro atoms. The van der Waals surface area contributed by atoms with E-state index in [-0.39, 0.29) is 15.9 Å². The Morgan fingerprint density at radius 1 is 1.54 bits per heavy atom. The molecule has 6 heteroatoms. The van der Waals surface area contributed by atoms with Crippen molar-refractivity contribution in [2.24, 2.45) is 0 Å². The molecule has 1 nitrogen and oxygen atoms in total. The first-order valence-electron chi connectivity index (χ1n) is 3.25. The molecule has 1 aromatic rings. The number of rotatable bonds is 2. The lowest BCUT2D eigenvalue weighted by Gasteiger charge is -2.05. The summed E-state index contributed by atoms with van der Waals surface area (Å²) in [4.78, 5) is 3.01. The number of nitrogens with zero attached hydrogens (tertiary/aromatic N) is 1. The molecule has 0 unspecified atom stereocenters. The number of hydrogen-bond acceptors (Lipinski definition) is 1. The first-order chi connectivity index (χ1) is 6.06. The first kappa shape index (κ1) is 10.8. The molecule has 0 amide bonds. The number of hydrogen-bond donors (Lipinski definition) is 0. The Hall–Kier alpha value is -0.290. The highest BCUT2D eigenvalue weighted by atomic mass is 79.9. The van der Waals surface area contributed by atoms with Crippen molar-refractivity contribution >= 4 is 27.5 Å². The molecule has 1 aromatic heterocycles. The normalized spacial score (nSPS) is 10.9. The van der Waals surface area contributed by atoms with E-state index in [1.165, 1.54) is 0 Å². The van der Waals surface area contributed by atoms with E-state index in [4.69, 9.17) is 11.6 Å². The Bertz CT molecular complexity index is 319. The highest BCUT2D eigenvalue weighted by Gasteiger charge is 2.18. The van der Waals surface area contributed by atoms with E-state index in [2.05, 4.69) is 20.9 Å². The van der Waals surface area contributed by atoms with Gasteiger partial charge in [-0.2, -0.15) is 4.39 Å². The van der Waals surface area contributed by atoms with Gasteiger partial charge in [-0.25, -0.2) is 13.8 Å². The molecule has 0 aliphatic heterocycles. The van der Waals surface area contributed by atoms with Crippen molar-refractivity contribution in [2.45, 2.75) is 11.8 Å². The maximum atomic E-state index is 12.6. The molecule has 0 atom stereocenters. The summed E-state index contributed by atoms with van der Waals surface area (Å²) in [5.41, 5.74) is -0.444. The molecule has 0 aliphatic carbocycles. The van der Waals surface area contributed by atoms with Crippen molar-refractivity contribution in [3.63, 3.8) is 0 Å². The van der Waals surface area contributed by atoms with Crippen molar-refractivity contribution in [2.75, 3.05) is 0 Å². The van der Waals surface area contributed by atoms with Crippen LogP contribution in [-0.2, 0) is 5.33 Å². The molecule has 0 saturated carbocycles. The van der Waals surface area contributed by atoms with E-state index in [0.717, 1.165) is 6.07 Å². The second-order valence-electron chi connectivity index (χ2n) is 2.24. The lowest BCUT2D eigenvalue weighted by Crippen LogP contribution is -1.98. The molecule has 1 heterocycles. The minimum Gasteiger partial charge on any atom is -0.217 e. The molecule has 0 aromatic carbocycles. The second-order valence-corrected chi connectivity index (χ2v) is 3.18. The molecule has 0 fully saturated rings. The topological polar surface area (TPSA) is 12.9 Å². The van der Waals surface area contributed by atoms with Crippen LogP contribution in [0, 0.1) is 5.95 Å². The van der Waals surface area contributed by atoms with Gasteiger partial charge in [0, 0.05) is 5.33 Å². The van der Waals surface area contributed by atoms with Crippen LogP contribution in [0.5, 0.6) is 0 Å². The van der Waals surface area contributed by atoms with Crippen LogP contribution in [0.4, 0.5) is 13.2 Å². The number of alkyl halides is 3. The fourth-order valence-electron chi connectivity index (χ4n) is 0.810. The van der Waals surface area contributed by atoms with E-state index in [1.54, 1.807) is 0 Å². The maximum Gasteiger partial charge on any atom is 0.281 e. The average Bonchev–Trinajstić information content (AvgIpc) is 2.08. The van der Waals surface area contributed by atoms with Gasteiger partial charge in [-0.1, -0.05) is 27.5 Å². The molecule has 0 saturated heterocycles. The number of aromatic nitrogens is 1. The van der Waals surface area contributed by atoms with Crippen LogP contribution in [-0.4, -0.2) is 4.98 Å². The van der Waals surface area contributed by atoms with Crippen molar-refractivity contribution in [1.82, 2.24) is 4.98 Å². The summed E-state index contributed by atoms with van der Waals surface area (Å²) in [6.45, 7) is 0. The van der Waals surface area contributed by atoms with Crippen molar-refractivity contribution in [1.29, 1.82) is 0 Å². The van der Waals surface area contributed by atoms with Crippen molar-refractivity contribution in [3.05, 3.63) is 28.3 Å². The molecule has 0 aliphatic rings. The SMILES string of the molecule is Fc1cc(CBr)c(Cl)c(C(F)F)n1. The van der Waals surface area contributed by atoms with E-state index in [0.29, 0.717) is 0 Å². The highest BCUT2D eigenvalue weighted by molar-refractivity contribution is 9.08. The van der Waals surface area contributed by atoms with E-state index in [9.17, 15) is 13.2 Å². The molecule has 13 heavy (non-hydrogen) atoms. The summed E-state index contributed by atoms with van der Waals surface area (Å²) in [5, 5.41) is 0.0265. The zero-order valence-corrected chi connectivity index (χ0v) is 8.54. The van der Waals surface area contributed by atoms with Gasteiger partial charge in [-0.05, 0) is 11.6 Å². The van der Waals surface area contributed by atoms with Gasteiger partial charge in [0.2, 0.25) is 5.95 Å². The molecule has 0 bridgehead atoms. The highest BCUT2D eigenvalue weighted by Crippen LogP contribution is 2.29. The summed E-state index contributed by atoms with van der Waals surface area (Å²) in [6, 6.07) is 1.02. The largest absolute Gasteiger partial charge is 0.281 e. The zero-order valence-electron chi connectivity index (χ0n) is 6.20. The first-order valence-corrected chi connectivity index (χ1v) is 4.75. The second kappa shape index (κ2) is 4.28. The zero-order chi connectivity index (χ0) is 10.0. The third-order valence-electron chi connectivity index (χ3n) is 1.38. The third kappa shape index (κ3) is 2.34. The van der Waals surface area contributed by atoms with Crippen molar-refractivity contribution in [3.8, 4) is 0 Å². The standard InChI is InChI=1S/C7H4BrClF3N/c8-2-3-1-4(10)13-6(5(3)9)7(11)12/h1,7H,2H2. The molecular formula is C7H4BrClF3N. The minimum absolute atomic E-state index is 0.187. The van der Waals surface area contributed by atoms with Crippen LogP contribution in [0.3, 0.4) is 0 Å². The third-order valence-corrected chi connectivity index (χ3v) is 2.42. The van der Waals surface area contributed by atoms with E-state index >= 15 is 0 Å². The van der Waals surface area contributed by atoms with Crippen LogP contribution in [0.25, 0.3) is 0 Å². The van der Waals surface area contributed by atoms with Crippen LogP contribution >= 0.6 is 27.5 Å². The fourth-order valence-corrected chi connectivity index (χ4v) is 1.66. The number of pyridine rings is 1. The minimum atomic E-state index is -2.86. The number of halogens is 5. The van der Waals surface area contributed by atoms with Gasteiger partial charge in [-0.3, -0.25) is 0 Å². The average molecular weight is 274 g/mol. The Morgan fingerprint density at radius 2 is 2.15 bits per heavy atom. The summed E-state index contributed by atoms with van der Waals surface area (Å²) >= 11 is 8.54. The lowest BCUT2D eigenvalue weighted by atomic mass is 10.2. The van der Waals surface area contributed by atoms with Gasteiger partial charge < -0.3 is 0 Å². The molecular weight excluding hydrogens is 270 g/mol. The maximum absolute atomic E-state index is 12.6. The smallest absolute Gasteiger partial charge is 0.217 e. The Morgan fingerprint density at radius 3 is 2.62 bits per heavy atom. The lowest BCUT2D eigenvalue weighted by molar-refractivity contribution is 0.145. The summed E-state index contributed by atoms with van der Waals surface area (Å²) in [6.07, 6.45) is -2.86. The Balaban J connectivity index is 3.27. The quantitative estimate of drug-likeness (QED) is 0.592. The predicted molar refractivity (Wildman–Crippen MR) is 46.8 cm³/mol. The Kier molecular flexibility index (Phi) is 3.55. The Labute approximate surface area is 86.0 Å². The summed E-state index contributed by atoms with van der Waals surface area (Å²) in [7, 11) is 0. The molecule has 72 valence electrons. The van der Waals surface area contributed by atoms with Crippen LogP contribution in [0.15, 0.2) is 6.07 Å². The van der Waals surface area contributed by atoms with Gasteiger partial charge in [0.05, 0.1) is 5.02 Å². The van der Waals surface area contributed by atoms with Crippen LogP contribution in [0.1, 0.15) is 17.7 Å². The predicted octanol–water partition coefficient (Wildman–Crippen LogP) is 3.71. The molecule has 1 rings (SSSR count). The van der Waals surface area contributed by atoms with Gasteiger partial charge in [0.25, 0.3) is 6.43 Å². The van der Waals surface area contributed by atoms with Gasteiger partial charge >= 0.3 is 0 Å².